The van der Waals surface area contributed by atoms with Crippen molar-refractivity contribution in [3.63, 3.8) is 0 Å². The molecule has 0 saturated heterocycles. The molecule has 0 atom stereocenters. The second kappa shape index (κ2) is 11.7. The average molecular weight is 552 g/mol. The van der Waals surface area contributed by atoms with Gasteiger partial charge < -0.3 is 0 Å². The fourth-order valence-corrected chi connectivity index (χ4v) is 6.02. The van der Waals surface area contributed by atoms with E-state index in [9.17, 15) is 4.79 Å². The number of hydrogen-bond acceptors (Lipinski definition) is 9. The first-order valence-corrected chi connectivity index (χ1v) is 13.9. The molecule has 8 nitrogen and oxygen atoms in total. The molecule has 1 N–H and O–H groups in total. The van der Waals surface area contributed by atoms with Gasteiger partial charge in [-0.05, 0) is 35.9 Å². The highest BCUT2D eigenvalue weighted by molar-refractivity contribution is 8.00. The molecule has 0 aliphatic heterocycles. The number of pyridine rings is 1. The molecule has 0 bridgehead atoms. The van der Waals surface area contributed by atoms with Crippen LogP contribution in [0.3, 0.4) is 0 Å². The molecule has 0 saturated carbocycles. The van der Waals surface area contributed by atoms with Crippen molar-refractivity contribution in [2.24, 2.45) is 0 Å². The predicted octanol–water partition coefficient (Wildman–Crippen LogP) is 5.86. The number of carbonyl (C=O) groups excluding carboxylic acids is 1. The summed E-state index contributed by atoms with van der Waals surface area (Å²) in [5, 5.41) is 21.5. The Morgan fingerprint density at radius 2 is 1.78 bits per heavy atom. The first-order valence-electron chi connectivity index (χ1n) is 10.7. The quantitative estimate of drug-likeness (QED) is 0.180. The van der Waals surface area contributed by atoms with Gasteiger partial charge in [0.25, 0.3) is 0 Å². The first kappa shape index (κ1) is 24.4. The number of nitrogens with one attached hydrogen (secondary N) is 1. The van der Waals surface area contributed by atoms with Gasteiger partial charge >= 0.3 is 0 Å². The Labute approximate surface area is 224 Å². The predicted molar refractivity (Wildman–Crippen MR) is 145 cm³/mol. The number of carbonyl (C=O) groups is 1. The molecule has 0 fully saturated rings. The van der Waals surface area contributed by atoms with Crippen molar-refractivity contribution in [2.75, 3.05) is 11.1 Å². The summed E-state index contributed by atoms with van der Waals surface area (Å²) in [5.41, 5.74) is 2.75. The maximum atomic E-state index is 12.7. The summed E-state index contributed by atoms with van der Waals surface area (Å²) in [6, 6.07) is 21.2. The lowest BCUT2D eigenvalue weighted by Crippen LogP contribution is -2.14. The number of anilines is 1. The molecule has 2 aromatic carbocycles. The Hall–Kier alpha value is -3.25. The number of amides is 1. The largest absolute Gasteiger partial charge is 0.300 e. The van der Waals surface area contributed by atoms with Gasteiger partial charge in [-0.15, -0.1) is 20.4 Å². The molecular formula is C24H18ClN7OS3. The monoisotopic (exact) mass is 551 g/mol. The second-order valence-electron chi connectivity index (χ2n) is 7.31. The molecule has 0 unspecified atom stereocenters. The van der Waals surface area contributed by atoms with Gasteiger partial charge in [-0.1, -0.05) is 82.9 Å². The first-order chi connectivity index (χ1) is 17.7. The third-order valence-electron chi connectivity index (χ3n) is 4.86. The number of benzene rings is 2. The van der Waals surface area contributed by atoms with E-state index in [0.29, 0.717) is 21.9 Å². The third kappa shape index (κ3) is 5.93. The summed E-state index contributed by atoms with van der Waals surface area (Å²) in [6.07, 6.45) is 3.45. The van der Waals surface area contributed by atoms with Crippen molar-refractivity contribution in [3.05, 3.63) is 89.7 Å². The number of hydrogen-bond donors (Lipinski definition) is 1. The second-order valence-corrected chi connectivity index (χ2v) is 10.9. The lowest BCUT2D eigenvalue weighted by Gasteiger charge is -2.10. The van der Waals surface area contributed by atoms with E-state index in [1.165, 1.54) is 34.9 Å². The van der Waals surface area contributed by atoms with Crippen LogP contribution in [-0.2, 0) is 10.5 Å². The summed E-state index contributed by atoms with van der Waals surface area (Å²) < 4.78 is 2.67. The van der Waals surface area contributed by atoms with Crippen LogP contribution in [-0.4, -0.2) is 41.6 Å². The normalized spacial score (nSPS) is 10.9. The van der Waals surface area contributed by atoms with Gasteiger partial charge in [0.05, 0.1) is 5.75 Å². The summed E-state index contributed by atoms with van der Waals surface area (Å²) in [6.45, 7) is 0. The Kier molecular flexibility index (Phi) is 7.91. The van der Waals surface area contributed by atoms with Crippen molar-refractivity contribution in [1.82, 2.24) is 29.9 Å². The van der Waals surface area contributed by atoms with E-state index in [1.54, 1.807) is 12.4 Å². The maximum absolute atomic E-state index is 12.7. The lowest BCUT2D eigenvalue weighted by molar-refractivity contribution is -0.113. The van der Waals surface area contributed by atoms with Crippen molar-refractivity contribution >= 4 is 57.5 Å². The summed E-state index contributed by atoms with van der Waals surface area (Å²) in [7, 11) is 0. The summed E-state index contributed by atoms with van der Waals surface area (Å²) >= 11 is 10.4. The number of thioether (sulfide) groups is 2. The molecule has 3 heterocycles. The molecule has 5 aromatic rings. The van der Waals surface area contributed by atoms with Crippen LogP contribution < -0.4 is 5.32 Å². The van der Waals surface area contributed by atoms with Crippen molar-refractivity contribution in [1.29, 1.82) is 0 Å². The molecule has 12 heteroatoms. The smallest absolute Gasteiger partial charge is 0.236 e. The van der Waals surface area contributed by atoms with Crippen LogP contribution >= 0.6 is 46.5 Å². The van der Waals surface area contributed by atoms with Crippen LogP contribution in [0, 0.1) is 0 Å². The molecule has 0 radical (unpaired) electrons. The minimum absolute atomic E-state index is 0.139. The van der Waals surface area contributed by atoms with E-state index < -0.39 is 0 Å². The van der Waals surface area contributed by atoms with E-state index >= 15 is 0 Å². The van der Waals surface area contributed by atoms with Crippen molar-refractivity contribution in [3.8, 4) is 17.1 Å². The fourth-order valence-electron chi connectivity index (χ4n) is 3.21. The summed E-state index contributed by atoms with van der Waals surface area (Å²) in [5.74, 6) is 1.26. The molecule has 5 rings (SSSR count). The minimum Gasteiger partial charge on any atom is -0.300 e. The molecule has 0 spiro atoms. The molecule has 1 amide bonds. The minimum atomic E-state index is -0.204. The number of aromatic nitrogens is 6. The zero-order valence-corrected chi connectivity index (χ0v) is 21.8. The van der Waals surface area contributed by atoms with Gasteiger partial charge in [-0.2, -0.15) is 0 Å². The highest BCUT2D eigenvalue weighted by atomic mass is 35.5. The molecule has 0 aliphatic carbocycles. The Morgan fingerprint density at radius 3 is 2.58 bits per heavy atom. The zero-order valence-electron chi connectivity index (χ0n) is 18.6. The van der Waals surface area contributed by atoms with Crippen LogP contribution in [0.2, 0.25) is 5.02 Å². The Bertz CT molecular complexity index is 1460. The van der Waals surface area contributed by atoms with Crippen LogP contribution in [0.1, 0.15) is 5.56 Å². The van der Waals surface area contributed by atoms with Gasteiger partial charge in [-0.25, -0.2) is 0 Å². The van der Waals surface area contributed by atoms with E-state index in [1.807, 2.05) is 71.3 Å². The van der Waals surface area contributed by atoms with Crippen LogP contribution in [0.4, 0.5) is 5.13 Å². The van der Waals surface area contributed by atoms with E-state index in [-0.39, 0.29) is 11.7 Å². The van der Waals surface area contributed by atoms with Crippen molar-refractivity contribution in [2.45, 2.75) is 15.2 Å². The van der Waals surface area contributed by atoms with Gasteiger partial charge in [0, 0.05) is 34.4 Å². The molecule has 3 aromatic heterocycles. The lowest BCUT2D eigenvalue weighted by atomic mass is 10.2. The topological polar surface area (TPSA) is 98.5 Å². The molecular weight excluding hydrogens is 534 g/mol. The van der Waals surface area contributed by atoms with E-state index in [4.69, 9.17) is 11.6 Å². The molecule has 0 aliphatic rings. The van der Waals surface area contributed by atoms with Crippen molar-refractivity contribution < 1.29 is 4.79 Å². The number of halogens is 1. The summed E-state index contributed by atoms with van der Waals surface area (Å²) in [4.78, 5) is 16.8. The maximum Gasteiger partial charge on any atom is 0.236 e. The number of nitrogens with zero attached hydrogens (tertiary/aromatic N) is 6. The number of rotatable bonds is 9. The van der Waals surface area contributed by atoms with Gasteiger partial charge in [-0.3, -0.25) is 19.7 Å². The number of para-hydroxylation sites is 1. The van der Waals surface area contributed by atoms with E-state index in [0.717, 1.165) is 26.2 Å². The van der Waals surface area contributed by atoms with Gasteiger partial charge in [0.1, 0.15) is 0 Å². The van der Waals surface area contributed by atoms with Gasteiger partial charge in [0.15, 0.2) is 15.3 Å². The Morgan fingerprint density at radius 1 is 0.944 bits per heavy atom. The highest BCUT2D eigenvalue weighted by Crippen LogP contribution is 2.31. The SMILES string of the molecule is O=C(CSc1nnc(-c2cccnc2)n1-c1ccccc1)Nc1nnc(SCc2ccccc2Cl)s1. The third-order valence-corrected chi connectivity index (χ3v) is 8.18. The fraction of sp³-hybridized carbons (Fsp3) is 0.0833. The van der Waals surface area contributed by atoms with Crippen LogP contribution in [0.5, 0.6) is 0 Å². The standard InChI is InChI=1S/C24H18ClN7OS3/c25-19-11-5-4-7-17(19)14-35-24-31-29-22(36-24)27-20(33)15-34-23-30-28-21(16-8-6-12-26-13-16)32(23)18-9-2-1-3-10-18/h1-13H,14-15H2,(H,27,29,33). The molecule has 180 valence electrons. The average Bonchev–Trinajstić information content (AvgIpc) is 3.55. The zero-order chi connectivity index (χ0) is 24.7. The van der Waals surface area contributed by atoms with Crippen LogP contribution in [0.15, 0.2) is 88.6 Å². The van der Waals surface area contributed by atoms with E-state index in [2.05, 4.69) is 30.7 Å². The van der Waals surface area contributed by atoms with Gasteiger partial charge in [0.2, 0.25) is 11.0 Å². The Balaban J connectivity index is 1.24. The molecule has 36 heavy (non-hydrogen) atoms. The highest BCUT2D eigenvalue weighted by Gasteiger charge is 2.18. The van der Waals surface area contributed by atoms with Crippen LogP contribution in [0.25, 0.3) is 17.1 Å².